The molecule has 1 saturated heterocycles. The van der Waals surface area contributed by atoms with E-state index in [-0.39, 0.29) is 23.7 Å². The molecule has 5 rings (SSSR count). The van der Waals surface area contributed by atoms with Crippen molar-refractivity contribution in [2.24, 2.45) is 16.6 Å². The van der Waals surface area contributed by atoms with Crippen molar-refractivity contribution in [1.82, 2.24) is 15.4 Å². The Kier molecular flexibility index (Phi) is 14.5. The van der Waals surface area contributed by atoms with E-state index >= 15 is 0 Å². The molecule has 0 bridgehead atoms. The van der Waals surface area contributed by atoms with Gasteiger partial charge in [0.1, 0.15) is 17.5 Å². The van der Waals surface area contributed by atoms with Crippen LogP contribution in [0.5, 0.6) is 5.75 Å². The molecule has 1 aromatic carbocycles. The van der Waals surface area contributed by atoms with Crippen molar-refractivity contribution in [2.45, 2.75) is 76.3 Å². The van der Waals surface area contributed by atoms with Crippen molar-refractivity contribution in [3.8, 4) is 16.9 Å². The number of ether oxygens (including phenoxy) is 1. The first kappa shape index (κ1) is 44.3. The Morgan fingerprint density at radius 1 is 1.23 bits per heavy atom. The van der Waals surface area contributed by atoms with Gasteiger partial charge >= 0.3 is 5.97 Å². The summed E-state index contributed by atoms with van der Waals surface area (Å²) in [5.74, 6) is -2.09. The zero-order valence-corrected chi connectivity index (χ0v) is 32.9. The smallest absolute Gasteiger partial charge is 0.354 e. The van der Waals surface area contributed by atoms with Gasteiger partial charge in [-0.25, -0.2) is 22.8 Å². The number of aliphatic carboxylic acids is 1. The Balaban J connectivity index is 0.00000232. The van der Waals surface area contributed by atoms with Crippen LogP contribution < -0.4 is 37.1 Å². The molecule has 21 nitrogen and oxygen atoms in total. The second-order valence-corrected chi connectivity index (χ2v) is 15.3. The predicted molar refractivity (Wildman–Crippen MR) is 203 cm³/mol. The molecule has 2 aromatic heterocycles. The highest BCUT2D eigenvalue weighted by Gasteiger charge is 2.57. The summed E-state index contributed by atoms with van der Waals surface area (Å²) in [5.41, 5.74) is 15.8. The lowest BCUT2D eigenvalue weighted by molar-refractivity contribution is -0.682. The van der Waals surface area contributed by atoms with E-state index in [1.807, 2.05) is 30.5 Å². The number of carbonyl (C=O) groups excluding carboxylic acids is 2. The fourth-order valence-electron chi connectivity index (χ4n) is 5.99. The average molecular weight is 836 g/mol. The minimum Gasteiger partial charge on any atom is -0.724 e. The number of rotatable bonds is 17. The van der Waals surface area contributed by atoms with Crippen molar-refractivity contribution >= 4 is 62.7 Å². The van der Waals surface area contributed by atoms with Crippen LogP contribution in [-0.4, -0.2) is 106 Å². The van der Waals surface area contributed by atoms with Crippen LogP contribution >= 0.6 is 11.3 Å². The number of carboxylic acids is 1. The quantitative estimate of drug-likeness (QED) is 0.0137. The summed E-state index contributed by atoms with van der Waals surface area (Å²) < 4.78 is 45.8. The number of hydrogen-bond donors (Lipinski definition) is 7. The Morgan fingerprint density at radius 2 is 1.91 bits per heavy atom. The fraction of sp³-hybridized carbons (Fsp3) is 0.441. The first-order chi connectivity index (χ1) is 26.9. The lowest BCUT2D eigenvalue weighted by Gasteiger charge is -2.51. The minimum atomic E-state index is -5.28. The summed E-state index contributed by atoms with van der Waals surface area (Å²) in [6.07, 6.45) is 3.26. The van der Waals surface area contributed by atoms with E-state index in [0.29, 0.717) is 30.3 Å². The Hall–Kier alpha value is -5.46. The van der Waals surface area contributed by atoms with Crippen LogP contribution in [0.4, 0.5) is 10.9 Å². The second kappa shape index (κ2) is 18.7. The van der Waals surface area contributed by atoms with Crippen molar-refractivity contribution < 1.29 is 60.8 Å². The fourth-order valence-corrected chi connectivity index (χ4v) is 6.99. The van der Waals surface area contributed by atoms with Gasteiger partial charge in [-0.1, -0.05) is 11.2 Å². The Bertz CT molecular complexity index is 2100. The highest BCUT2D eigenvalue weighted by atomic mass is 32.3. The number of pyridine rings is 1. The summed E-state index contributed by atoms with van der Waals surface area (Å²) in [7, 11) is -5.28. The van der Waals surface area contributed by atoms with Gasteiger partial charge in [0.05, 0.1) is 24.8 Å². The Labute approximate surface area is 331 Å². The van der Waals surface area contributed by atoms with Crippen molar-refractivity contribution in [1.29, 1.82) is 0 Å². The Morgan fingerprint density at radius 3 is 2.51 bits per heavy atom. The number of nitrogens with two attached hydrogens (primary N) is 3. The third-order valence-corrected chi connectivity index (χ3v) is 10.1. The topological polar surface area (TPSA) is 328 Å². The van der Waals surface area contributed by atoms with Crippen LogP contribution in [0.15, 0.2) is 47.1 Å². The van der Waals surface area contributed by atoms with Crippen molar-refractivity contribution in [2.75, 3.05) is 30.7 Å². The number of hydrogen-bond acceptors (Lipinski definition) is 17. The number of nitrogens with zero attached hydrogens (tertiary/aromatic N) is 4. The van der Waals surface area contributed by atoms with E-state index in [0.717, 1.165) is 59.8 Å². The number of hydroxylamine groups is 2. The van der Waals surface area contributed by atoms with Crippen molar-refractivity contribution in [3.05, 3.63) is 53.2 Å². The summed E-state index contributed by atoms with van der Waals surface area (Å²) in [4.78, 5) is 57.0. The van der Waals surface area contributed by atoms with Crippen LogP contribution in [0.25, 0.3) is 11.1 Å². The van der Waals surface area contributed by atoms with Crippen molar-refractivity contribution in [3.63, 3.8) is 0 Å². The number of carbonyl (C=O) groups is 4. The molecule has 1 fully saturated rings. The number of carboxylic acid groups (broad SMARTS) is 2. The van der Waals surface area contributed by atoms with Gasteiger partial charge in [0, 0.05) is 17.0 Å². The molecule has 310 valence electrons. The number of aryl methyl sites for hydroxylation is 2. The summed E-state index contributed by atoms with van der Waals surface area (Å²) in [6.45, 7) is 6.29. The van der Waals surface area contributed by atoms with Gasteiger partial charge < -0.3 is 46.9 Å². The van der Waals surface area contributed by atoms with Crippen LogP contribution in [0, 0.1) is 0 Å². The lowest BCUT2D eigenvalue weighted by Crippen LogP contribution is -2.76. The molecular formula is C34H45N9O12S2. The lowest BCUT2D eigenvalue weighted by atomic mass is 9.84. The molecule has 57 heavy (non-hydrogen) atoms. The maximum atomic E-state index is 13.5. The number of anilines is 2. The summed E-state index contributed by atoms with van der Waals surface area (Å²) >= 11 is 0.963. The molecule has 0 aliphatic carbocycles. The van der Waals surface area contributed by atoms with Gasteiger partial charge in [0.2, 0.25) is 10.4 Å². The highest BCUT2D eigenvalue weighted by Crippen LogP contribution is 2.37. The number of nitrogen functional groups attached to an aromatic ring is 1. The number of benzene rings is 1. The third kappa shape index (κ3) is 10.5. The van der Waals surface area contributed by atoms with Crippen LogP contribution in [0.2, 0.25) is 0 Å². The highest BCUT2D eigenvalue weighted by molar-refractivity contribution is 7.80. The van der Waals surface area contributed by atoms with E-state index in [9.17, 15) is 32.5 Å². The van der Waals surface area contributed by atoms with Gasteiger partial charge in [-0.3, -0.25) is 19.7 Å². The number of oxime groups is 1. The van der Waals surface area contributed by atoms with Crippen LogP contribution in [0.3, 0.4) is 0 Å². The first-order valence-corrected chi connectivity index (χ1v) is 19.7. The molecule has 3 unspecified atom stereocenters. The molecular weight excluding hydrogens is 791 g/mol. The predicted octanol–water partition coefficient (Wildman–Crippen LogP) is -0.0547. The van der Waals surface area contributed by atoms with E-state index < -0.39 is 57.2 Å². The SMILES string of the molecule is CC(O/N=C(\C(=O)NC1C(=O)N(OS(=O)(=O)[O-])C1(C)C)c1csc(N)n1)(C(=O)O)C1CCc2cc(-c3ccc(NCCCN)[n+](CCCN)c3)ccc2O1.O=CO. The van der Waals surface area contributed by atoms with Gasteiger partial charge in [-0.2, -0.15) is 9.35 Å². The van der Waals surface area contributed by atoms with Gasteiger partial charge in [0.15, 0.2) is 16.9 Å². The zero-order chi connectivity index (χ0) is 42.1. The minimum absolute atomic E-state index is 0.0545. The largest absolute Gasteiger partial charge is 0.724 e. The zero-order valence-electron chi connectivity index (χ0n) is 31.2. The monoisotopic (exact) mass is 835 g/mol. The van der Waals surface area contributed by atoms with Gasteiger partial charge in [-0.15, -0.1) is 11.3 Å². The average Bonchev–Trinajstić information content (AvgIpc) is 3.60. The molecule has 23 heteroatoms. The van der Waals surface area contributed by atoms with E-state index in [1.165, 1.54) is 26.2 Å². The maximum absolute atomic E-state index is 13.5. The number of amides is 2. The normalized spacial score (nSPS) is 18.4. The second-order valence-electron chi connectivity index (χ2n) is 13.5. The summed E-state index contributed by atoms with van der Waals surface area (Å²) in [5, 5.41) is 28.8. The third-order valence-electron chi connectivity index (χ3n) is 9.12. The molecule has 10 N–H and O–H groups in total. The number of β-lactam (4-membered cyclic amide) rings is 1. The molecule has 0 radical (unpaired) electrons. The van der Waals surface area contributed by atoms with E-state index in [4.69, 9.17) is 36.7 Å². The van der Waals surface area contributed by atoms with Crippen LogP contribution in [-0.2, 0) is 51.7 Å². The van der Waals surface area contributed by atoms with E-state index in [2.05, 4.69) is 29.6 Å². The molecule has 2 amide bonds. The molecule has 2 aliphatic heterocycles. The van der Waals surface area contributed by atoms with Gasteiger partial charge in [-0.05, 0) is 88.9 Å². The molecule has 3 aromatic rings. The summed E-state index contributed by atoms with van der Waals surface area (Å²) in [6, 6.07) is 8.28. The number of thiazole rings is 1. The number of fused-ring (bicyclic) bond motifs is 1. The molecule has 2 aliphatic rings. The standard InChI is InChI=1S/C33H43N9O10S2.CH2O2/c1-32(2)27(29(44)42(32)52-54(47,48)49)39-28(43)26(22-18-53-31(36)38-22)40-51-33(3,30(45)46)24-10-7-20-16-19(6-9-23(20)50-24)21-8-11-25(37-14-4-12-34)41(17-21)15-5-13-35;2-1-3/h6,8-9,11,16-18,24,27H,4-5,7,10,12-15,34-35H2,1-3H3,(H5,36,38,39,43,45,46,47,48,49);1H,(H,2,3)/b40-26-;. The van der Waals surface area contributed by atoms with Crippen LogP contribution in [0.1, 0.15) is 51.3 Å². The first-order valence-electron chi connectivity index (χ1n) is 17.5. The number of nitrogens with one attached hydrogen (secondary N) is 2. The molecule has 4 heterocycles. The maximum Gasteiger partial charge on any atom is 0.354 e. The molecule has 3 atom stereocenters. The molecule has 0 saturated carbocycles. The van der Waals surface area contributed by atoms with Gasteiger partial charge in [0.25, 0.3) is 29.7 Å². The molecule has 0 spiro atoms. The van der Waals surface area contributed by atoms with E-state index in [1.54, 1.807) is 6.07 Å². The number of aromatic nitrogens is 2.